The van der Waals surface area contributed by atoms with Gasteiger partial charge in [-0.1, -0.05) is 18.2 Å². The molecule has 0 bridgehead atoms. The first kappa shape index (κ1) is 16.9. The van der Waals surface area contributed by atoms with Crippen molar-refractivity contribution in [2.24, 2.45) is 7.05 Å². The highest BCUT2D eigenvalue weighted by molar-refractivity contribution is 5.98. The summed E-state index contributed by atoms with van der Waals surface area (Å²) in [5.74, 6) is 0.979. The highest BCUT2D eigenvalue weighted by atomic mass is 16.5. The first-order chi connectivity index (χ1) is 13.7. The zero-order valence-electron chi connectivity index (χ0n) is 16.3. The molecule has 3 heterocycles. The van der Waals surface area contributed by atoms with Gasteiger partial charge >= 0.3 is 5.90 Å². The number of fused-ring (bicyclic) bond motifs is 3. The van der Waals surface area contributed by atoms with E-state index >= 15 is 0 Å². The lowest BCUT2D eigenvalue weighted by molar-refractivity contribution is -0.674. The third-order valence-electron chi connectivity index (χ3n) is 5.58. The van der Waals surface area contributed by atoms with Crippen LogP contribution < -0.4 is 9.13 Å². The first-order valence-corrected chi connectivity index (χ1v) is 9.71. The molecule has 2 aromatic carbocycles. The first-order valence-electron chi connectivity index (χ1n) is 9.71. The second-order valence-electron chi connectivity index (χ2n) is 7.43. The molecule has 0 N–H and O–H groups in total. The minimum absolute atomic E-state index is 0.752. The van der Waals surface area contributed by atoms with Gasteiger partial charge in [-0.2, -0.15) is 13.7 Å². The average Bonchev–Trinajstić information content (AvgIpc) is 3.14. The number of benzene rings is 2. The minimum Gasteiger partial charge on any atom is -0.438 e. The summed E-state index contributed by atoms with van der Waals surface area (Å²) in [4.78, 5) is 0. The molecule has 4 nitrogen and oxygen atoms in total. The Balaban J connectivity index is 1.71. The zero-order valence-corrected chi connectivity index (χ0v) is 16.3. The van der Waals surface area contributed by atoms with Gasteiger partial charge in [0.25, 0.3) is 11.0 Å². The van der Waals surface area contributed by atoms with Gasteiger partial charge < -0.3 is 4.74 Å². The maximum Gasteiger partial charge on any atom is 0.370 e. The molecule has 0 saturated carbocycles. The highest BCUT2D eigenvalue weighted by Gasteiger charge is 2.27. The maximum atomic E-state index is 5.94. The topological polar surface area (TPSA) is 20.0 Å². The van der Waals surface area contributed by atoms with Crippen LogP contribution in [-0.2, 0) is 18.3 Å². The zero-order chi connectivity index (χ0) is 19.1. The fourth-order valence-corrected chi connectivity index (χ4v) is 4.18. The van der Waals surface area contributed by atoms with Gasteiger partial charge in [-0.05, 0) is 30.3 Å². The number of likely N-dealkylation sites (N-methyl/N-ethyl adjacent to an activating group) is 1. The molecule has 0 unspecified atom stereocenters. The van der Waals surface area contributed by atoms with E-state index in [0.717, 1.165) is 25.6 Å². The molecule has 0 spiro atoms. The van der Waals surface area contributed by atoms with E-state index in [1.165, 1.54) is 32.9 Å². The molecule has 0 aliphatic carbocycles. The molecule has 2 aromatic heterocycles. The third kappa shape index (κ3) is 2.73. The van der Waals surface area contributed by atoms with E-state index in [0.29, 0.717) is 0 Å². The fourth-order valence-electron chi connectivity index (χ4n) is 4.18. The molecule has 4 aromatic rings. The van der Waals surface area contributed by atoms with Crippen LogP contribution in [-0.4, -0.2) is 30.7 Å². The SMILES string of the molecule is C[N+]1=C(c2ccccc2C[n+]2cccc3ccc4ccc[n+](C)c4c32)OCC1. The Morgan fingerprint density at radius 3 is 2.36 bits per heavy atom. The lowest BCUT2D eigenvalue weighted by Gasteiger charge is -2.07. The van der Waals surface area contributed by atoms with E-state index in [1.54, 1.807) is 0 Å². The van der Waals surface area contributed by atoms with Crippen molar-refractivity contribution < 1.29 is 18.4 Å². The Morgan fingerprint density at radius 1 is 0.821 bits per heavy atom. The largest absolute Gasteiger partial charge is 0.438 e. The van der Waals surface area contributed by atoms with Crippen LogP contribution in [0, 0.1) is 0 Å². The fraction of sp³-hybridized carbons (Fsp3) is 0.208. The van der Waals surface area contributed by atoms with Crippen molar-refractivity contribution in [2.75, 3.05) is 20.2 Å². The highest BCUT2D eigenvalue weighted by Crippen LogP contribution is 2.20. The van der Waals surface area contributed by atoms with Crippen LogP contribution in [0.4, 0.5) is 0 Å². The van der Waals surface area contributed by atoms with Crippen molar-refractivity contribution in [1.82, 2.24) is 0 Å². The molecule has 1 aliphatic heterocycles. The van der Waals surface area contributed by atoms with E-state index in [-0.39, 0.29) is 0 Å². The molecule has 28 heavy (non-hydrogen) atoms. The average molecular weight is 370 g/mol. The lowest BCUT2D eigenvalue weighted by Crippen LogP contribution is -2.39. The molecule has 0 amide bonds. The van der Waals surface area contributed by atoms with Crippen LogP contribution in [0.15, 0.2) is 73.1 Å². The number of nitrogens with zero attached hydrogens (tertiary/aromatic N) is 3. The molecular weight excluding hydrogens is 346 g/mol. The quantitative estimate of drug-likeness (QED) is 0.401. The summed E-state index contributed by atoms with van der Waals surface area (Å²) in [5.41, 5.74) is 4.94. The Labute approximate surface area is 164 Å². The van der Waals surface area contributed by atoms with Crippen LogP contribution in [0.25, 0.3) is 21.8 Å². The minimum atomic E-state index is 0.752. The summed E-state index contributed by atoms with van der Waals surface area (Å²) >= 11 is 0. The molecule has 5 rings (SSSR count). The monoisotopic (exact) mass is 370 g/mol. The van der Waals surface area contributed by atoms with Crippen LogP contribution >= 0.6 is 0 Å². The van der Waals surface area contributed by atoms with Crippen LogP contribution in [0.5, 0.6) is 0 Å². The van der Waals surface area contributed by atoms with Crippen LogP contribution in [0.1, 0.15) is 11.1 Å². The number of ether oxygens (including phenoxy) is 1. The van der Waals surface area contributed by atoms with Crippen molar-refractivity contribution in [3.63, 3.8) is 0 Å². The van der Waals surface area contributed by atoms with E-state index in [4.69, 9.17) is 4.74 Å². The van der Waals surface area contributed by atoms with Gasteiger partial charge in [0, 0.05) is 17.7 Å². The van der Waals surface area contributed by atoms with Gasteiger partial charge in [-0.15, -0.1) is 0 Å². The molecule has 0 atom stereocenters. The number of hydrogen-bond donors (Lipinski definition) is 0. The van der Waals surface area contributed by atoms with Crippen LogP contribution in [0.3, 0.4) is 0 Å². The second-order valence-corrected chi connectivity index (χ2v) is 7.43. The Kier molecular flexibility index (Phi) is 4.05. The number of pyridine rings is 2. The van der Waals surface area contributed by atoms with Crippen molar-refractivity contribution in [3.8, 4) is 0 Å². The van der Waals surface area contributed by atoms with Crippen LogP contribution in [0.2, 0.25) is 0 Å². The molecule has 4 heteroatoms. The molecule has 138 valence electrons. The van der Waals surface area contributed by atoms with Gasteiger partial charge in [0.2, 0.25) is 0 Å². The van der Waals surface area contributed by atoms with Gasteiger partial charge in [0.1, 0.15) is 14.1 Å². The summed E-state index contributed by atoms with van der Waals surface area (Å²) in [5, 5.41) is 2.50. The second kappa shape index (κ2) is 6.71. The molecular formula is C24H24N3O+3. The van der Waals surface area contributed by atoms with Gasteiger partial charge in [-0.3, -0.25) is 0 Å². The summed E-state index contributed by atoms with van der Waals surface area (Å²) in [6.45, 7) is 2.48. The third-order valence-corrected chi connectivity index (χ3v) is 5.58. The van der Waals surface area contributed by atoms with E-state index in [9.17, 15) is 0 Å². The molecule has 0 fully saturated rings. The normalized spacial score (nSPS) is 14.1. The summed E-state index contributed by atoms with van der Waals surface area (Å²) in [6.07, 6.45) is 4.29. The van der Waals surface area contributed by atoms with Crippen molar-refractivity contribution in [1.29, 1.82) is 0 Å². The summed E-state index contributed by atoms with van der Waals surface area (Å²) < 4.78 is 12.7. The molecule has 1 aliphatic rings. The standard InChI is InChI=1S/C24H24N3O/c1-25-13-5-8-18-11-12-19-9-6-14-27(23(19)22(18)25)17-20-7-3-4-10-21(20)24-26(2)15-16-28-24/h3-14H,15-17H2,1-2H3/q+3. The van der Waals surface area contributed by atoms with Gasteiger partial charge in [0.15, 0.2) is 32.1 Å². The number of aromatic nitrogens is 2. The molecule has 0 saturated heterocycles. The number of aryl methyl sites for hydroxylation is 1. The van der Waals surface area contributed by atoms with E-state index < -0.39 is 0 Å². The van der Waals surface area contributed by atoms with Crippen molar-refractivity contribution in [2.45, 2.75) is 6.54 Å². The number of rotatable bonds is 3. The van der Waals surface area contributed by atoms with E-state index in [2.05, 4.69) is 101 Å². The summed E-state index contributed by atoms with van der Waals surface area (Å²) in [6, 6.07) is 21.6. The Morgan fingerprint density at radius 2 is 1.57 bits per heavy atom. The Bertz CT molecular complexity index is 1240. The van der Waals surface area contributed by atoms with Gasteiger partial charge in [0.05, 0.1) is 16.3 Å². The predicted octanol–water partition coefficient (Wildman–Crippen LogP) is 2.57. The van der Waals surface area contributed by atoms with Crippen molar-refractivity contribution >= 4 is 27.7 Å². The maximum absolute atomic E-state index is 5.94. The van der Waals surface area contributed by atoms with E-state index in [1.807, 2.05) is 0 Å². The van der Waals surface area contributed by atoms with Gasteiger partial charge in [-0.25, -0.2) is 0 Å². The predicted molar refractivity (Wildman–Crippen MR) is 109 cm³/mol. The summed E-state index contributed by atoms with van der Waals surface area (Å²) in [7, 11) is 4.21. The molecule has 0 radical (unpaired) electrons. The Hall–Kier alpha value is -3.27. The lowest BCUT2D eigenvalue weighted by atomic mass is 10.1. The number of hydrogen-bond acceptors (Lipinski definition) is 1. The van der Waals surface area contributed by atoms with Crippen molar-refractivity contribution in [3.05, 3.63) is 84.2 Å². The smallest absolute Gasteiger partial charge is 0.370 e.